The van der Waals surface area contributed by atoms with Crippen molar-refractivity contribution in [1.29, 1.82) is 0 Å². The summed E-state index contributed by atoms with van der Waals surface area (Å²) in [5.74, 6) is 7.09. The molecule has 2 aromatic heterocycles. The molecule has 0 radical (unpaired) electrons. The third-order valence-corrected chi connectivity index (χ3v) is 6.55. The summed E-state index contributed by atoms with van der Waals surface area (Å²) >= 11 is 0. The second-order valence-corrected chi connectivity index (χ2v) is 8.18. The minimum atomic E-state index is 0.919. The zero-order chi connectivity index (χ0) is 21.7. The quantitative estimate of drug-likeness (QED) is 0.263. The van der Waals surface area contributed by atoms with Crippen LogP contribution >= 0.6 is 0 Å². The average molecular weight is 413 g/mol. The van der Waals surface area contributed by atoms with Crippen LogP contribution in [0.5, 0.6) is 0 Å². The van der Waals surface area contributed by atoms with E-state index in [0.717, 1.165) is 24.2 Å². The topological polar surface area (TPSA) is 9.86 Å². The molecule has 0 aliphatic carbocycles. The van der Waals surface area contributed by atoms with Gasteiger partial charge in [0, 0.05) is 56.8 Å². The van der Waals surface area contributed by atoms with Gasteiger partial charge in [-0.1, -0.05) is 72.5 Å². The van der Waals surface area contributed by atoms with Crippen LogP contribution in [-0.2, 0) is 13.1 Å². The molecule has 0 aliphatic heterocycles. The molecule has 0 amide bonds. The van der Waals surface area contributed by atoms with Gasteiger partial charge in [0.2, 0.25) is 0 Å². The number of rotatable bonds is 2. The van der Waals surface area contributed by atoms with Crippen molar-refractivity contribution in [3.05, 3.63) is 96.1 Å². The summed E-state index contributed by atoms with van der Waals surface area (Å²) in [6.07, 6.45) is 0. The van der Waals surface area contributed by atoms with Gasteiger partial charge in [-0.15, -0.1) is 0 Å². The van der Waals surface area contributed by atoms with E-state index in [1.165, 1.54) is 43.6 Å². The Morgan fingerprint density at radius 1 is 0.500 bits per heavy atom. The van der Waals surface area contributed by atoms with E-state index in [0.29, 0.717) is 0 Å². The summed E-state index contributed by atoms with van der Waals surface area (Å²) in [5.41, 5.74) is 7.16. The van der Waals surface area contributed by atoms with E-state index in [2.05, 4.69) is 120 Å². The summed E-state index contributed by atoms with van der Waals surface area (Å²) in [6, 6.07) is 30.3. The third-order valence-electron chi connectivity index (χ3n) is 6.55. The van der Waals surface area contributed by atoms with E-state index in [-0.39, 0.29) is 0 Å². The van der Waals surface area contributed by atoms with Gasteiger partial charge in [-0.3, -0.25) is 0 Å². The first-order chi connectivity index (χ1) is 15.8. The standard InChI is InChI=1S/C30H24N2/c1-3-31-27-17-7-5-13-23(27)25-15-9-11-21(29(25)31)19-20-22-12-10-16-26-24-14-6-8-18-28(24)32(4-2)30(22)26/h5-18H,3-4H2,1-2H3. The Labute approximate surface area is 187 Å². The molecule has 0 unspecified atom stereocenters. The van der Waals surface area contributed by atoms with E-state index in [1.807, 2.05) is 0 Å². The third kappa shape index (κ3) is 2.61. The van der Waals surface area contributed by atoms with Crippen LogP contribution in [0.2, 0.25) is 0 Å². The Kier molecular flexibility index (Phi) is 4.30. The molecule has 154 valence electrons. The first-order valence-corrected chi connectivity index (χ1v) is 11.3. The number of para-hydroxylation sites is 4. The summed E-state index contributed by atoms with van der Waals surface area (Å²) in [5, 5.41) is 5.13. The van der Waals surface area contributed by atoms with Crippen molar-refractivity contribution < 1.29 is 0 Å². The Morgan fingerprint density at radius 3 is 1.34 bits per heavy atom. The Balaban J connectivity index is 1.63. The summed E-state index contributed by atoms with van der Waals surface area (Å²) < 4.78 is 4.77. The molecular formula is C30H24N2. The maximum Gasteiger partial charge on any atom is 0.0650 e. The molecule has 2 nitrogen and oxygen atoms in total. The summed E-state index contributed by atoms with van der Waals surface area (Å²) in [7, 11) is 0. The molecule has 0 fully saturated rings. The Bertz CT molecular complexity index is 1570. The highest BCUT2D eigenvalue weighted by Gasteiger charge is 2.13. The lowest BCUT2D eigenvalue weighted by atomic mass is 10.1. The number of aromatic nitrogens is 2. The second-order valence-electron chi connectivity index (χ2n) is 8.18. The molecule has 0 saturated carbocycles. The molecular weight excluding hydrogens is 388 g/mol. The SMILES string of the molecule is CCn1c2ccccc2c2cccc(C#Cc3cccc4c5ccccc5n(CC)c34)c21. The molecule has 0 bridgehead atoms. The number of hydrogen-bond acceptors (Lipinski definition) is 0. The van der Waals surface area contributed by atoms with Gasteiger partial charge in [0.25, 0.3) is 0 Å². The smallest absolute Gasteiger partial charge is 0.0650 e. The lowest BCUT2D eigenvalue weighted by Crippen LogP contribution is -1.96. The van der Waals surface area contributed by atoms with E-state index < -0.39 is 0 Å². The maximum absolute atomic E-state index is 3.54. The van der Waals surface area contributed by atoms with Crippen molar-refractivity contribution in [3.8, 4) is 11.8 Å². The van der Waals surface area contributed by atoms with E-state index >= 15 is 0 Å². The van der Waals surface area contributed by atoms with Gasteiger partial charge in [-0.05, 0) is 38.1 Å². The molecule has 4 aromatic carbocycles. The van der Waals surface area contributed by atoms with Gasteiger partial charge in [0.15, 0.2) is 0 Å². The van der Waals surface area contributed by atoms with Gasteiger partial charge in [-0.25, -0.2) is 0 Å². The van der Waals surface area contributed by atoms with Crippen LogP contribution in [0.15, 0.2) is 84.9 Å². The van der Waals surface area contributed by atoms with Gasteiger partial charge in [0.1, 0.15) is 0 Å². The summed E-state index contributed by atoms with van der Waals surface area (Å²) in [4.78, 5) is 0. The minimum absolute atomic E-state index is 0.919. The van der Waals surface area contributed by atoms with Crippen molar-refractivity contribution in [2.24, 2.45) is 0 Å². The number of hydrogen-bond donors (Lipinski definition) is 0. The molecule has 0 aliphatic rings. The first-order valence-electron chi connectivity index (χ1n) is 11.3. The van der Waals surface area contributed by atoms with Crippen LogP contribution < -0.4 is 0 Å². The fourth-order valence-corrected chi connectivity index (χ4v) is 5.21. The zero-order valence-corrected chi connectivity index (χ0v) is 18.4. The predicted molar refractivity (Wildman–Crippen MR) is 136 cm³/mol. The predicted octanol–water partition coefficient (Wildman–Crippen LogP) is 7.34. The van der Waals surface area contributed by atoms with E-state index in [9.17, 15) is 0 Å². The fraction of sp³-hybridized carbons (Fsp3) is 0.133. The molecule has 2 heteroatoms. The number of fused-ring (bicyclic) bond motifs is 6. The largest absolute Gasteiger partial charge is 0.340 e. The number of aryl methyl sites for hydroxylation is 2. The second kappa shape index (κ2) is 7.32. The molecule has 0 spiro atoms. The fourth-order valence-electron chi connectivity index (χ4n) is 5.21. The van der Waals surface area contributed by atoms with Crippen molar-refractivity contribution >= 4 is 43.6 Å². The Morgan fingerprint density at radius 2 is 0.906 bits per heavy atom. The van der Waals surface area contributed by atoms with Crippen LogP contribution in [0.1, 0.15) is 25.0 Å². The van der Waals surface area contributed by atoms with Crippen LogP contribution in [0.4, 0.5) is 0 Å². The molecule has 0 N–H and O–H groups in total. The van der Waals surface area contributed by atoms with Crippen LogP contribution in [-0.4, -0.2) is 9.13 Å². The van der Waals surface area contributed by atoms with Crippen LogP contribution in [0.3, 0.4) is 0 Å². The van der Waals surface area contributed by atoms with Gasteiger partial charge < -0.3 is 9.13 Å². The average Bonchev–Trinajstić information content (AvgIpc) is 3.36. The lowest BCUT2D eigenvalue weighted by Gasteiger charge is -2.06. The first kappa shape index (κ1) is 18.8. The zero-order valence-electron chi connectivity index (χ0n) is 18.4. The molecule has 2 heterocycles. The highest BCUT2D eigenvalue weighted by Crippen LogP contribution is 2.32. The lowest BCUT2D eigenvalue weighted by molar-refractivity contribution is 0.826. The van der Waals surface area contributed by atoms with Crippen LogP contribution in [0.25, 0.3) is 43.6 Å². The number of benzene rings is 4. The Hall–Kier alpha value is -3.96. The van der Waals surface area contributed by atoms with E-state index in [4.69, 9.17) is 0 Å². The highest BCUT2D eigenvalue weighted by atomic mass is 15.0. The van der Waals surface area contributed by atoms with Crippen molar-refractivity contribution in [3.63, 3.8) is 0 Å². The van der Waals surface area contributed by atoms with Crippen molar-refractivity contribution in [2.45, 2.75) is 26.9 Å². The van der Waals surface area contributed by atoms with E-state index in [1.54, 1.807) is 0 Å². The van der Waals surface area contributed by atoms with Gasteiger partial charge in [-0.2, -0.15) is 0 Å². The van der Waals surface area contributed by atoms with Gasteiger partial charge >= 0.3 is 0 Å². The monoisotopic (exact) mass is 412 g/mol. The molecule has 0 atom stereocenters. The van der Waals surface area contributed by atoms with Crippen LogP contribution in [0, 0.1) is 11.8 Å². The number of nitrogens with zero attached hydrogens (tertiary/aromatic N) is 2. The summed E-state index contributed by atoms with van der Waals surface area (Å²) in [6.45, 7) is 6.25. The minimum Gasteiger partial charge on any atom is -0.340 e. The normalized spacial score (nSPS) is 11.4. The van der Waals surface area contributed by atoms with Gasteiger partial charge in [0.05, 0.1) is 11.0 Å². The molecule has 6 rings (SSSR count). The molecule has 6 aromatic rings. The van der Waals surface area contributed by atoms with Crippen molar-refractivity contribution in [2.75, 3.05) is 0 Å². The molecule has 32 heavy (non-hydrogen) atoms. The maximum atomic E-state index is 3.54. The highest BCUT2D eigenvalue weighted by molar-refractivity contribution is 6.11. The van der Waals surface area contributed by atoms with Crippen molar-refractivity contribution in [1.82, 2.24) is 9.13 Å². The molecule has 0 saturated heterocycles.